The van der Waals surface area contributed by atoms with E-state index in [4.69, 9.17) is 9.72 Å². The molecule has 0 aliphatic rings. The number of ether oxygens (including phenoxy) is 1. The van der Waals surface area contributed by atoms with E-state index >= 15 is 0 Å². The Hall–Kier alpha value is -3.12. The average Bonchev–Trinajstić information content (AvgIpc) is 3.18. The van der Waals surface area contributed by atoms with Gasteiger partial charge in [0.15, 0.2) is 0 Å². The monoisotopic (exact) mass is 519 g/mol. The predicted octanol–water partition coefficient (Wildman–Crippen LogP) is 6.25. The summed E-state index contributed by atoms with van der Waals surface area (Å²) in [4.78, 5) is 17.3. The van der Waals surface area contributed by atoms with Crippen molar-refractivity contribution in [2.75, 3.05) is 13.2 Å². The van der Waals surface area contributed by atoms with E-state index in [1.165, 1.54) is 11.1 Å². The van der Waals surface area contributed by atoms with E-state index in [9.17, 15) is 4.79 Å². The Kier molecular flexibility index (Phi) is 8.01. The van der Waals surface area contributed by atoms with E-state index in [1.807, 2.05) is 54.6 Å². The fourth-order valence-electron chi connectivity index (χ4n) is 4.02. The average molecular weight is 520 g/mol. The van der Waals surface area contributed by atoms with Crippen molar-refractivity contribution >= 4 is 32.9 Å². The second kappa shape index (κ2) is 11.3. The first kappa shape index (κ1) is 24.0. The molecule has 1 heterocycles. The number of imidazole rings is 1. The third-order valence-electron chi connectivity index (χ3n) is 6.04. The zero-order chi connectivity index (χ0) is 23.9. The maximum Gasteiger partial charge on any atom is 0.251 e. The maximum absolute atomic E-state index is 12.5. The van der Waals surface area contributed by atoms with Gasteiger partial charge in [0.25, 0.3) is 5.91 Å². The van der Waals surface area contributed by atoms with E-state index in [0.717, 1.165) is 46.5 Å². The minimum absolute atomic E-state index is 0.0763. The van der Waals surface area contributed by atoms with E-state index in [1.54, 1.807) is 0 Å². The molecule has 0 aliphatic heterocycles. The van der Waals surface area contributed by atoms with Gasteiger partial charge in [0, 0.05) is 29.5 Å². The topological polar surface area (TPSA) is 56.1 Å². The molecule has 1 amide bonds. The molecule has 0 fully saturated rings. The lowest BCUT2D eigenvalue weighted by Gasteiger charge is -2.12. The number of nitrogens with zero attached hydrogens (tertiary/aromatic N) is 2. The molecule has 176 valence electrons. The number of aryl methyl sites for hydroxylation is 2. The van der Waals surface area contributed by atoms with Crippen molar-refractivity contribution in [1.29, 1.82) is 0 Å². The number of aromatic nitrogens is 2. The summed E-state index contributed by atoms with van der Waals surface area (Å²) < 4.78 is 9.19. The quantitative estimate of drug-likeness (QED) is 0.252. The van der Waals surface area contributed by atoms with Crippen molar-refractivity contribution in [3.8, 4) is 5.75 Å². The summed E-state index contributed by atoms with van der Waals surface area (Å²) >= 11 is 3.42. The number of hydrogen-bond donors (Lipinski definition) is 1. The minimum atomic E-state index is -0.0763. The number of nitrogens with one attached hydrogen (secondary N) is 1. The maximum atomic E-state index is 12.5. The highest BCUT2D eigenvalue weighted by Gasteiger charge is 2.12. The molecule has 1 N–H and O–H groups in total. The normalized spacial score (nSPS) is 11.0. The molecule has 4 aromatic rings. The van der Waals surface area contributed by atoms with Gasteiger partial charge in [-0.1, -0.05) is 46.3 Å². The number of benzene rings is 3. The van der Waals surface area contributed by atoms with Gasteiger partial charge in [-0.25, -0.2) is 4.98 Å². The lowest BCUT2D eigenvalue weighted by molar-refractivity contribution is 0.0954. The van der Waals surface area contributed by atoms with Crippen LogP contribution in [0.15, 0.2) is 71.2 Å². The van der Waals surface area contributed by atoms with Gasteiger partial charge < -0.3 is 14.6 Å². The SMILES string of the molecule is Cc1cccc(OCCCCn2c(CCNC(=O)c3cccc(Br)c3)nc3ccccc32)c1C. The molecule has 4 rings (SSSR count). The number of fused-ring (bicyclic) bond motifs is 1. The third-order valence-corrected chi connectivity index (χ3v) is 6.54. The number of carbonyl (C=O) groups is 1. The van der Waals surface area contributed by atoms with Crippen LogP contribution in [0.1, 0.15) is 40.2 Å². The second-order valence-electron chi connectivity index (χ2n) is 8.44. The Balaban J connectivity index is 1.34. The lowest BCUT2D eigenvalue weighted by Crippen LogP contribution is -2.26. The third kappa shape index (κ3) is 5.86. The van der Waals surface area contributed by atoms with Crippen LogP contribution in [0.3, 0.4) is 0 Å². The van der Waals surface area contributed by atoms with Crippen LogP contribution >= 0.6 is 15.9 Å². The summed E-state index contributed by atoms with van der Waals surface area (Å²) in [5, 5.41) is 3.02. The van der Waals surface area contributed by atoms with Crippen molar-refractivity contribution in [2.24, 2.45) is 0 Å². The van der Waals surface area contributed by atoms with Crippen molar-refractivity contribution in [2.45, 2.75) is 39.7 Å². The van der Waals surface area contributed by atoms with Crippen LogP contribution in [0.4, 0.5) is 0 Å². The molecule has 0 bridgehead atoms. The molecular weight excluding hydrogens is 490 g/mol. The molecule has 3 aromatic carbocycles. The summed E-state index contributed by atoms with van der Waals surface area (Å²) in [6.45, 7) is 6.30. The highest BCUT2D eigenvalue weighted by molar-refractivity contribution is 9.10. The van der Waals surface area contributed by atoms with Gasteiger partial charge in [-0.05, 0) is 74.2 Å². The number of amides is 1. The Labute approximate surface area is 209 Å². The van der Waals surface area contributed by atoms with Crippen molar-refractivity contribution in [3.63, 3.8) is 0 Å². The summed E-state index contributed by atoms with van der Waals surface area (Å²) in [6.07, 6.45) is 2.62. The fourth-order valence-corrected chi connectivity index (χ4v) is 4.42. The van der Waals surface area contributed by atoms with Crippen LogP contribution in [0.2, 0.25) is 0 Å². The number of unbranched alkanes of at least 4 members (excludes halogenated alkanes) is 1. The molecule has 0 radical (unpaired) electrons. The van der Waals surface area contributed by atoms with Gasteiger partial charge in [-0.15, -0.1) is 0 Å². The van der Waals surface area contributed by atoms with Crippen LogP contribution in [-0.2, 0) is 13.0 Å². The Morgan fingerprint density at radius 2 is 1.85 bits per heavy atom. The summed E-state index contributed by atoms with van der Waals surface area (Å²) in [5.74, 6) is 1.88. The molecule has 1 aromatic heterocycles. The van der Waals surface area contributed by atoms with E-state index < -0.39 is 0 Å². The summed E-state index contributed by atoms with van der Waals surface area (Å²) in [5.41, 5.74) is 5.22. The van der Waals surface area contributed by atoms with Crippen LogP contribution in [0.25, 0.3) is 11.0 Å². The van der Waals surface area contributed by atoms with E-state index in [0.29, 0.717) is 25.1 Å². The van der Waals surface area contributed by atoms with Crippen LogP contribution in [0, 0.1) is 13.8 Å². The zero-order valence-corrected chi connectivity index (χ0v) is 21.3. The largest absolute Gasteiger partial charge is 0.493 e. The molecule has 34 heavy (non-hydrogen) atoms. The first-order valence-electron chi connectivity index (χ1n) is 11.7. The molecule has 0 saturated heterocycles. The number of halogens is 1. The first-order valence-corrected chi connectivity index (χ1v) is 12.5. The number of carbonyl (C=O) groups excluding carboxylic acids is 1. The van der Waals surface area contributed by atoms with Gasteiger partial charge >= 0.3 is 0 Å². The number of para-hydroxylation sites is 2. The minimum Gasteiger partial charge on any atom is -0.493 e. The Morgan fingerprint density at radius 3 is 2.71 bits per heavy atom. The fraction of sp³-hybridized carbons (Fsp3) is 0.286. The smallest absolute Gasteiger partial charge is 0.251 e. The van der Waals surface area contributed by atoms with Gasteiger partial charge in [-0.2, -0.15) is 0 Å². The molecule has 5 nitrogen and oxygen atoms in total. The Morgan fingerprint density at radius 1 is 1.03 bits per heavy atom. The van der Waals surface area contributed by atoms with Crippen molar-refractivity contribution < 1.29 is 9.53 Å². The highest BCUT2D eigenvalue weighted by atomic mass is 79.9. The number of rotatable bonds is 10. The molecule has 0 spiro atoms. The molecule has 0 atom stereocenters. The standard InChI is InChI=1S/C28H30BrN3O2/c1-20-9-7-14-26(21(20)2)34-18-6-5-17-32-25-13-4-3-12-24(25)31-27(32)15-16-30-28(33)22-10-8-11-23(29)19-22/h3-4,7-14,19H,5-6,15-18H2,1-2H3,(H,30,33). The summed E-state index contributed by atoms with van der Waals surface area (Å²) in [7, 11) is 0. The Bertz CT molecular complexity index is 1280. The summed E-state index contributed by atoms with van der Waals surface area (Å²) in [6, 6.07) is 21.8. The first-order chi connectivity index (χ1) is 16.5. The van der Waals surface area contributed by atoms with Crippen LogP contribution in [0.5, 0.6) is 5.75 Å². The van der Waals surface area contributed by atoms with Gasteiger partial charge in [0.2, 0.25) is 0 Å². The van der Waals surface area contributed by atoms with Crippen LogP contribution in [-0.4, -0.2) is 28.6 Å². The van der Waals surface area contributed by atoms with E-state index in [-0.39, 0.29) is 5.91 Å². The number of hydrogen-bond acceptors (Lipinski definition) is 3. The van der Waals surface area contributed by atoms with Gasteiger partial charge in [0.1, 0.15) is 11.6 Å². The van der Waals surface area contributed by atoms with E-state index in [2.05, 4.69) is 51.8 Å². The van der Waals surface area contributed by atoms with Gasteiger partial charge in [0.05, 0.1) is 17.6 Å². The lowest BCUT2D eigenvalue weighted by atomic mass is 10.1. The molecular formula is C28H30BrN3O2. The molecule has 0 saturated carbocycles. The predicted molar refractivity (Wildman–Crippen MR) is 141 cm³/mol. The van der Waals surface area contributed by atoms with Crippen LogP contribution < -0.4 is 10.1 Å². The zero-order valence-electron chi connectivity index (χ0n) is 19.7. The molecule has 0 aliphatic carbocycles. The van der Waals surface area contributed by atoms with Gasteiger partial charge in [-0.3, -0.25) is 4.79 Å². The van der Waals surface area contributed by atoms with Crippen molar-refractivity contribution in [1.82, 2.24) is 14.9 Å². The molecule has 6 heteroatoms. The molecule has 0 unspecified atom stereocenters. The highest BCUT2D eigenvalue weighted by Crippen LogP contribution is 2.21. The second-order valence-corrected chi connectivity index (χ2v) is 9.35. The van der Waals surface area contributed by atoms with Crippen molar-refractivity contribution in [3.05, 3.63) is 93.7 Å².